The number of hydrogen-bond acceptors (Lipinski definition) is 17. The Morgan fingerprint density at radius 2 is 1.63 bits per heavy atom. The molecule has 81 heavy (non-hydrogen) atoms. The third-order valence-corrected chi connectivity index (χ3v) is 18.9. The van der Waals surface area contributed by atoms with Crippen LogP contribution in [0.25, 0.3) is 10.9 Å². The van der Waals surface area contributed by atoms with Crippen LogP contribution in [0, 0.1) is 13.8 Å². The van der Waals surface area contributed by atoms with Crippen LogP contribution >= 0.6 is 0 Å². The first-order valence-corrected chi connectivity index (χ1v) is 29.4. The second kappa shape index (κ2) is 23.3. The number of piperazine rings is 3. The van der Waals surface area contributed by atoms with Crippen LogP contribution in [-0.4, -0.2) is 206 Å². The van der Waals surface area contributed by atoms with E-state index in [4.69, 9.17) is 4.74 Å². The molecule has 4 aliphatic heterocycles. The maximum Gasteiger partial charge on any atom is 0.407 e. The van der Waals surface area contributed by atoms with Crippen molar-refractivity contribution in [2.24, 2.45) is 0 Å². The van der Waals surface area contributed by atoms with Crippen molar-refractivity contribution in [1.82, 2.24) is 59.6 Å². The molecule has 0 radical (unpaired) electrons. The monoisotopic (exact) mass is 1140 g/mol. The van der Waals surface area contributed by atoms with Crippen LogP contribution in [0.4, 0.5) is 36.8 Å². The van der Waals surface area contributed by atoms with Crippen LogP contribution in [0.2, 0.25) is 0 Å². The molecule has 0 unspecified atom stereocenters. The maximum absolute atomic E-state index is 15.1. The summed E-state index contributed by atoms with van der Waals surface area (Å²) in [6.45, 7) is 24.6. The number of carbonyl (C=O) groups excluding carboxylic acids is 2. The zero-order valence-corrected chi connectivity index (χ0v) is 49.0. The van der Waals surface area contributed by atoms with Gasteiger partial charge in [0.2, 0.25) is 11.9 Å². The van der Waals surface area contributed by atoms with Crippen molar-refractivity contribution in [3.63, 3.8) is 0 Å². The van der Waals surface area contributed by atoms with Crippen molar-refractivity contribution in [2.75, 3.05) is 107 Å². The lowest BCUT2D eigenvalue weighted by atomic mass is 9.91. The molecule has 0 saturated carbocycles. The average Bonchev–Trinajstić information content (AvgIpc) is 3.83. The lowest BCUT2D eigenvalue weighted by molar-refractivity contribution is -0.121. The van der Waals surface area contributed by atoms with Gasteiger partial charge >= 0.3 is 6.09 Å². The number of halogens is 2. The fraction of sp³-hybridized carbons (Fsp3) is 0.589. The molecule has 4 aliphatic rings. The highest BCUT2D eigenvalue weighted by Crippen LogP contribution is 2.43. The third kappa shape index (κ3) is 12.4. The molecule has 22 nitrogen and oxygen atoms in total. The number of rotatable bonds is 17. The molecule has 9 rings (SSSR count). The van der Waals surface area contributed by atoms with E-state index in [1.54, 1.807) is 62.0 Å². The fourth-order valence-electron chi connectivity index (χ4n) is 11.3. The number of anilines is 4. The highest BCUT2D eigenvalue weighted by molar-refractivity contribution is 7.92. The predicted octanol–water partition coefficient (Wildman–Crippen LogP) is 6.48. The maximum atomic E-state index is 15.1. The first kappa shape index (κ1) is 58.9. The standard InChI is InChI=1S/C56H77F2N15O7S/c1-11-13-56(57,58)40-22-44-48(59-27-40)55(9,10)33-73(44)47(74)32-71-29-36(3)72(53(76)77)31-41(71)30-69-19-20-70(28-35(69)2)52-60-25-39(26-61-52)51(75)68-17-15-67(16-18-68)14-12-21-80-45-24-43-42(23-46(45)81(78,79)54(6,7)8)50(63-34-62-43)64-49-37(4)38(5)65-66-49/h22-27,34-36,41H,11-21,28-33H2,1-10H3,(H,76,77)(H2,62,63,64,65,66)/t35-,36-,41+/m1/s1. The van der Waals surface area contributed by atoms with E-state index in [1.807, 2.05) is 39.5 Å². The number of ether oxygens (including phenoxy) is 1. The Morgan fingerprint density at radius 1 is 0.901 bits per heavy atom. The molecular weight excluding hydrogens is 1060 g/mol. The van der Waals surface area contributed by atoms with Crippen LogP contribution in [0.5, 0.6) is 5.75 Å². The van der Waals surface area contributed by atoms with Crippen LogP contribution in [0.15, 0.2) is 48.0 Å². The van der Waals surface area contributed by atoms with Gasteiger partial charge in [-0.25, -0.2) is 41.9 Å². The van der Waals surface area contributed by atoms with Gasteiger partial charge in [0.15, 0.2) is 9.84 Å². The van der Waals surface area contributed by atoms with Crippen molar-refractivity contribution in [3.8, 4) is 5.75 Å². The number of aryl methyl sites for hydroxylation is 1. The number of nitrogens with one attached hydrogen (secondary N) is 2. The van der Waals surface area contributed by atoms with Crippen molar-refractivity contribution >= 4 is 61.9 Å². The summed E-state index contributed by atoms with van der Waals surface area (Å²) < 4.78 is 63.4. The number of nitrogens with zero attached hydrogens (tertiary/aromatic N) is 13. The van der Waals surface area contributed by atoms with Gasteiger partial charge in [-0.2, -0.15) is 5.10 Å². The quantitative estimate of drug-likeness (QED) is 0.0844. The number of amides is 3. The first-order valence-electron chi connectivity index (χ1n) is 28.0. The summed E-state index contributed by atoms with van der Waals surface area (Å²) in [6.07, 6.45) is 5.35. The topological polar surface area (TPSA) is 243 Å². The normalized spacial score (nSPS) is 20.5. The summed E-state index contributed by atoms with van der Waals surface area (Å²) >= 11 is 0. The largest absolute Gasteiger partial charge is 0.492 e. The van der Waals surface area contributed by atoms with Gasteiger partial charge in [-0.1, -0.05) is 27.2 Å². The molecule has 1 aromatic carbocycles. The minimum Gasteiger partial charge on any atom is -0.492 e. The second-order valence-corrected chi connectivity index (χ2v) is 26.4. The first-order chi connectivity index (χ1) is 38.3. The van der Waals surface area contributed by atoms with Crippen molar-refractivity contribution in [1.29, 1.82) is 0 Å². The number of H-pyrrole nitrogens is 1. The number of carboxylic acid groups (broad SMARTS) is 1. The third-order valence-electron chi connectivity index (χ3n) is 16.4. The zero-order chi connectivity index (χ0) is 58.3. The highest BCUT2D eigenvalue weighted by Gasteiger charge is 2.44. The number of carbonyl (C=O) groups is 3. The van der Waals surface area contributed by atoms with E-state index in [0.717, 1.165) is 11.3 Å². The van der Waals surface area contributed by atoms with Crippen LogP contribution in [-0.2, 0) is 26.0 Å². The lowest BCUT2D eigenvalue weighted by Crippen LogP contribution is -2.64. The van der Waals surface area contributed by atoms with Gasteiger partial charge in [0.25, 0.3) is 11.8 Å². The molecule has 3 atom stereocenters. The summed E-state index contributed by atoms with van der Waals surface area (Å²) in [5.74, 6) is -1.68. The van der Waals surface area contributed by atoms with Gasteiger partial charge in [0.1, 0.15) is 28.6 Å². The summed E-state index contributed by atoms with van der Waals surface area (Å²) in [4.78, 5) is 76.6. The van der Waals surface area contributed by atoms with Gasteiger partial charge in [0.05, 0.1) is 46.1 Å². The van der Waals surface area contributed by atoms with Crippen molar-refractivity contribution < 1.29 is 41.4 Å². The SMILES string of the molecule is CCCC(F)(F)c1cnc2c(c1)N(C(=O)CN1C[C@@H](C)N(C(=O)O)C[C@@H]1CN1CCN(c3ncc(C(=O)N4CCN(CCCOc5cc6ncnc(Nc7[nH]nc(C)c7C)c6cc5S(=O)(=O)C(C)(C)C)CC4)cn3)C[C@H]1C)CC2(C)C. The molecule has 3 N–H and O–H groups in total. The fourth-order valence-corrected chi connectivity index (χ4v) is 12.6. The minimum atomic E-state index is -3.86. The summed E-state index contributed by atoms with van der Waals surface area (Å²) in [7, 11) is -3.86. The minimum absolute atomic E-state index is 0.00267. The van der Waals surface area contributed by atoms with E-state index in [-0.39, 0.29) is 78.8 Å². The number of fused-ring (bicyclic) bond motifs is 2. The molecule has 0 spiro atoms. The van der Waals surface area contributed by atoms with E-state index in [9.17, 15) is 27.9 Å². The van der Waals surface area contributed by atoms with E-state index in [2.05, 4.69) is 62.1 Å². The van der Waals surface area contributed by atoms with Gasteiger partial charge < -0.3 is 34.8 Å². The molecule has 3 amide bonds. The molecule has 0 aliphatic carbocycles. The molecule has 4 aromatic heterocycles. The van der Waals surface area contributed by atoms with Crippen LogP contribution < -0.4 is 19.9 Å². The Balaban J connectivity index is 0.767. The van der Waals surface area contributed by atoms with Gasteiger partial charge in [-0.15, -0.1) is 0 Å². The smallest absolute Gasteiger partial charge is 0.407 e. The highest BCUT2D eigenvalue weighted by atomic mass is 32.2. The molecule has 8 heterocycles. The van der Waals surface area contributed by atoms with Gasteiger partial charge in [-0.05, 0) is 67.0 Å². The summed E-state index contributed by atoms with van der Waals surface area (Å²) in [6, 6.07) is 3.95. The number of alkyl halides is 2. The molecule has 25 heteroatoms. The van der Waals surface area contributed by atoms with E-state index in [0.29, 0.717) is 124 Å². The Hall–Kier alpha value is -6.70. The molecule has 0 bridgehead atoms. The van der Waals surface area contributed by atoms with E-state index >= 15 is 8.78 Å². The van der Waals surface area contributed by atoms with Crippen molar-refractivity contribution in [2.45, 2.75) is 128 Å². The van der Waals surface area contributed by atoms with Gasteiger partial charge in [0, 0.05) is 150 Å². The van der Waals surface area contributed by atoms with E-state index in [1.165, 1.54) is 23.5 Å². The van der Waals surface area contributed by atoms with Crippen LogP contribution in [0.1, 0.15) is 108 Å². The average molecular weight is 1140 g/mol. The van der Waals surface area contributed by atoms with E-state index < -0.39 is 32.0 Å². The predicted molar refractivity (Wildman–Crippen MR) is 304 cm³/mol. The number of sulfone groups is 1. The molecule has 3 fully saturated rings. The molecule has 438 valence electrons. The van der Waals surface area contributed by atoms with Gasteiger partial charge in [-0.3, -0.25) is 34.4 Å². The summed E-state index contributed by atoms with van der Waals surface area (Å²) in [5.41, 5.74) is 2.88. The zero-order valence-electron chi connectivity index (χ0n) is 48.2. The van der Waals surface area contributed by atoms with Crippen LogP contribution in [0.3, 0.4) is 0 Å². The lowest BCUT2D eigenvalue weighted by Gasteiger charge is -2.48. The number of benzene rings is 1. The second-order valence-electron chi connectivity index (χ2n) is 23.8. The molecule has 3 saturated heterocycles. The Bertz CT molecular complexity index is 3240. The number of aromatic nitrogens is 7. The number of pyridine rings is 1. The summed E-state index contributed by atoms with van der Waals surface area (Å²) in [5, 5.41) is 21.2. The van der Waals surface area contributed by atoms with Crippen molar-refractivity contribution in [3.05, 3.63) is 71.2 Å². The molecular formula is C56H77F2N15O7S. The molecule has 5 aromatic rings. The number of aromatic amines is 1. The number of hydrogen-bond donors (Lipinski definition) is 3. The Morgan fingerprint density at radius 3 is 2.28 bits per heavy atom. The Kier molecular flexibility index (Phi) is 16.9. The Labute approximate surface area is 472 Å².